The van der Waals surface area contributed by atoms with Gasteiger partial charge in [-0.3, -0.25) is 73.1 Å². The van der Waals surface area contributed by atoms with Crippen LogP contribution in [0.2, 0.25) is 0 Å². The minimum atomic E-state index is -2.00. The third-order valence-electron chi connectivity index (χ3n) is 17.5. The van der Waals surface area contributed by atoms with Crippen LogP contribution in [0.5, 0.6) is 5.75 Å². The van der Waals surface area contributed by atoms with Crippen LogP contribution >= 0.6 is 11.8 Å². The van der Waals surface area contributed by atoms with Gasteiger partial charge < -0.3 is 112 Å². The molecule has 11 amide bonds. The second kappa shape index (κ2) is 45.4. The molecule has 0 radical (unpaired) electrons. The van der Waals surface area contributed by atoms with E-state index in [0.29, 0.717) is 44.6 Å². The van der Waals surface area contributed by atoms with Crippen LogP contribution in [0.25, 0.3) is 10.9 Å². The number of phenols is 1. The number of carbonyl (C=O) groups is 13. The van der Waals surface area contributed by atoms with Crippen LogP contribution in [0, 0.1) is 16.7 Å². The van der Waals surface area contributed by atoms with Crippen molar-refractivity contribution >= 4 is 112 Å². The Morgan fingerprint density at radius 2 is 0.929 bits per heavy atom. The third-order valence-corrected chi connectivity index (χ3v) is 18.1. The Bertz CT molecular complexity index is 4190. The molecule has 602 valence electrons. The van der Waals surface area contributed by atoms with Gasteiger partial charge in [-0.1, -0.05) is 105 Å². The number of carbonyl (C=O) groups excluding carboxylic acids is 11. The Morgan fingerprint density at radius 1 is 0.473 bits per heavy atom. The highest BCUT2D eigenvalue weighted by atomic mass is 32.2. The summed E-state index contributed by atoms with van der Waals surface area (Å²) in [6.07, 6.45) is 3.66. The fourth-order valence-corrected chi connectivity index (χ4v) is 12.1. The van der Waals surface area contributed by atoms with Gasteiger partial charge in [-0.15, -0.1) is 0 Å². The number of phenolic OH excluding ortho intramolecular Hbond substituents is 1. The van der Waals surface area contributed by atoms with Crippen LogP contribution in [0.15, 0.2) is 128 Å². The van der Waals surface area contributed by atoms with Crippen molar-refractivity contribution in [3.63, 3.8) is 0 Å². The number of para-hydroxylation sites is 1. The number of thioether (sulfide) groups is 1. The number of aliphatic carboxylic acids is 2. The van der Waals surface area contributed by atoms with E-state index >= 15 is 14.4 Å². The summed E-state index contributed by atoms with van der Waals surface area (Å²) in [6, 6.07) is 14.8. The van der Waals surface area contributed by atoms with Gasteiger partial charge in [0.1, 0.15) is 66.7 Å². The lowest BCUT2D eigenvalue weighted by molar-refractivity contribution is -0.141. The number of guanidine groups is 2. The Hall–Kier alpha value is -12.6. The van der Waals surface area contributed by atoms with Crippen LogP contribution in [0.1, 0.15) is 80.3 Å². The molecule has 0 fully saturated rings. The van der Waals surface area contributed by atoms with Crippen LogP contribution in [0.4, 0.5) is 0 Å². The number of aromatic nitrogens is 3. The minimum Gasteiger partial charge on any atom is -0.508 e. The zero-order chi connectivity index (χ0) is 81.8. The molecule has 0 spiro atoms. The zero-order valence-electron chi connectivity index (χ0n) is 62.0. The summed E-state index contributed by atoms with van der Waals surface area (Å²) in [5.74, 6) is -14.2. The number of nitrogens with one attached hydrogen (secondary N) is 17. The van der Waals surface area contributed by atoms with Crippen LogP contribution in [0.3, 0.4) is 0 Å². The lowest BCUT2D eigenvalue weighted by Gasteiger charge is -2.28. The number of nitrogens with zero attached hydrogens (tertiary/aromatic N) is 1. The second-order valence-electron chi connectivity index (χ2n) is 26.7. The van der Waals surface area contributed by atoms with Gasteiger partial charge >= 0.3 is 11.9 Å². The summed E-state index contributed by atoms with van der Waals surface area (Å²) in [6.45, 7) is 1.79. The normalized spacial score (nSPS) is 13.7. The smallest absolute Gasteiger partial charge is 0.322 e. The van der Waals surface area contributed by atoms with Crippen molar-refractivity contribution in [1.29, 1.82) is 10.8 Å². The number of carboxylic acids is 2. The number of imidazole rings is 1. The van der Waals surface area contributed by atoms with Gasteiger partial charge in [0.2, 0.25) is 65.0 Å². The fraction of sp³-hybridized carbons (Fsp3) is 0.405. The number of amides is 11. The summed E-state index contributed by atoms with van der Waals surface area (Å²) in [5.41, 5.74) is 20.4. The van der Waals surface area contributed by atoms with E-state index in [1.165, 1.54) is 36.4 Å². The first-order valence-electron chi connectivity index (χ1n) is 36.0. The molecule has 2 aromatic heterocycles. The number of aromatic hydroxyl groups is 1. The van der Waals surface area contributed by atoms with Gasteiger partial charge in [-0.05, 0) is 96.9 Å². The van der Waals surface area contributed by atoms with Crippen LogP contribution < -0.4 is 86.3 Å². The number of aromatic amines is 2. The Kier molecular flexibility index (Phi) is 35.8. The molecular weight excluding hydrogens is 1470 g/mol. The van der Waals surface area contributed by atoms with Crippen molar-refractivity contribution in [3.05, 3.63) is 156 Å². The van der Waals surface area contributed by atoms with Gasteiger partial charge in [0, 0.05) is 67.8 Å². The lowest BCUT2D eigenvalue weighted by Crippen LogP contribution is -2.61. The molecule has 0 saturated carbocycles. The maximum Gasteiger partial charge on any atom is 0.322 e. The van der Waals surface area contributed by atoms with Gasteiger partial charge in [0.25, 0.3) is 0 Å². The average molecular weight is 1570 g/mol. The van der Waals surface area contributed by atoms with E-state index in [9.17, 15) is 63.3 Å². The maximum atomic E-state index is 15.1. The molecule has 4 aromatic carbocycles. The monoisotopic (exact) mass is 1570 g/mol. The van der Waals surface area contributed by atoms with E-state index in [-0.39, 0.29) is 83.0 Å². The molecule has 26 N–H and O–H groups in total. The van der Waals surface area contributed by atoms with Gasteiger partial charge in [-0.2, -0.15) is 11.8 Å². The number of hydrogen-bond donors (Lipinski definition) is 23. The molecular formula is C74H99N21O16S. The highest BCUT2D eigenvalue weighted by molar-refractivity contribution is 7.98. The first-order chi connectivity index (χ1) is 53.5. The molecule has 0 saturated heterocycles. The highest BCUT2D eigenvalue weighted by Crippen LogP contribution is 2.21. The first-order valence-corrected chi connectivity index (χ1v) is 37.4. The molecule has 6 aromatic rings. The Morgan fingerprint density at radius 3 is 1.45 bits per heavy atom. The SMILES string of the molecule is CSCC[C@H](NC(=O)[C@@H](NC(=O)[C@@H](N)Cc1ccc(O)cc1)C(C)C)C(=O)NCC(=O)N[C@@H](Cc1cnc[nH]1)C(=O)N[C@@H](Cc1ccccc1)C(=O)N[C@@H](CCCNC(=N)N)C(=O)N[C@@H](Cc1c[nH]c2ccccc12)C(=O)N[C@H](CC(=O)O)C(=O)N[C@@H](CCCNC(=N)N)C(=O)N[C@@H](Cc1ccccc1)C(=O)NCC(=O)O. The van der Waals surface area contributed by atoms with Crippen molar-refractivity contribution < 1.29 is 77.6 Å². The molecule has 0 aliphatic rings. The van der Waals surface area contributed by atoms with E-state index in [1.807, 2.05) is 0 Å². The molecule has 0 unspecified atom stereocenters. The standard InChI is InChI=1S/C74H99N21O16S/c1-41(2)62(95-63(102)49(75)30-44-22-24-47(96)25-23-44)72(111)90-53(26-29-112-3)64(103)84-38-59(97)87-57(34-46-37-80-40-86-46)70(109)92-55(32-43-16-8-5-9-17-43)68(107)88-52(21-13-28-82-74(78)79)67(106)93-56(33-45-36-83-50-19-11-10-18-48(45)50)69(108)94-58(35-60(98)99)71(110)89-51(20-12-27-81-73(76)77)66(105)91-54(65(104)85-39-61(100)101)31-42-14-6-4-7-15-42/h4-11,14-19,22-25,36-37,40-41,49,51-58,62,83,96H,12-13,20-21,26-35,38-39,75H2,1-3H3,(H,80,86)(H,84,103)(H,85,104)(H,87,97)(H,88,107)(H,89,110)(H,90,111)(H,91,105)(H,92,109)(H,93,106)(H,94,108)(H,95,102)(H,98,99)(H,100,101)(H4,76,77,81)(H4,78,79,82)/t49-,51-,52-,53-,54-,55-,56-,57-,58+,62-/m0/s1. The number of rotatable bonds is 47. The van der Waals surface area contributed by atoms with Crippen molar-refractivity contribution in [2.45, 2.75) is 145 Å². The number of nitrogens with two attached hydrogens (primary N) is 3. The van der Waals surface area contributed by atoms with Crippen molar-refractivity contribution in [2.24, 2.45) is 23.1 Å². The second-order valence-corrected chi connectivity index (χ2v) is 27.6. The Balaban J connectivity index is 1.25. The molecule has 2 heterocycles. The largest absolute Gasteiger partial charge is 0.508 e. The third kappa shape index (κ3) is 30.4. The van der Waals surface area contributed by atoms with Gasteiger partial charge in [-0.25, -0.2) is 4.98 Å². The maximum absolute atomic E-state index is 15.1. The summed E-state index contributed by atoms with van der Waals surface area (Å²) in [7, 11) is 0. The van der Waals surface area contributed by atoms with E-state index in [2.05, 4.69) is 84.1 Å². The average Bonchev–Trinajstić information content (AvgIpc) is 1.76. The number of fused-ring (bicyclic) bond motifs is 1. The van der Waals surface area contributed by atoms with Crippen molar-refractivity contribution in [2.75, 3.05) is 38.2 Å². The van der Waals surface area contributed by atoms with E-state index < -0.39 is 175 Å². The number of benzene rings is 4. The molecule has 37 nitrogen and oxygen atoms in total. The molecule has 112 heavy (non-hydrogen) atoms. The predicted octanol–water partition coefficient (Wildman–Crippen LogP) is -2.47. The van der Waals surface area contributed by atoms with Crippen molar-refractivity contribution in [1.82, 2.24) is 84.1 Å². The first kappa shape index (κ1) is 88.3. The molecule has 0 aliphatic heterocycles. The molecule has 10 atom stereocenters. The molecule has 0 aliphatic carbocycles. The van der Waals surface area contributed by atoms with E-state index in [0.717, 1.165) is 0 Å². The van der Waals surface area contributed by atoms with Gasteiger partial charge in [0.15, 0.2) is 11.9 Å². The summed E-state index contributed by atoms with van der Waals surface area (Å²) < 4.78 is 0. The highest BCUT2D eigenvalue weighted by Gasteiger charge is 2.37. The lowest BCUT2D eigenvalue weighted by atomic mass is 10.0. The Labute approximate surface area is 649 Å². The topological polar surface area (TPSA) is 609 Å². The predicted molar refractivity (Wildman–Crippen MR) is 414 cm³/mol. The number of H-pyrrole nitrogens is 2. The molecule has 38 heteroatoms. The van der Waals surface area contributed by atoms with Crippen LogP contribution in [-0.4, -0.2) is 218 Å². The number of carboxylic acid groups (broad SMARTS) is 2. The molecule has 0 bridgehead atoms. The van der Waals surface area contributed by atoms with E-state index in [1.54, 1.807) is 123 Å². The van der Waals surface area contributed by atoms with E-state index in [4.69, 9.17) is 28.0 Å². The van der Waals surface area contributed by atoms with Crippen LogP contribution in [-0.2, 0) is 94.4 Å². The summed E-state index contributed by atoms with van der Waals surface area (Å²) in [4.78, 5) is 192. The quantitative estimate of drug-likeness (QED) is 0.0107. The summed E-state index contributed by atoms with van der Waals surface area (Å²) in [5, 5.41) is 78.7. The van der Waals surface area contributed by atoms with Gasteiger partial charge in [0.05, 0.1) is 25.3 Å². The number of hydrogen-bond acceptors (Lipinski definition) is 19. The van der Waals surface area contributed by atoms with Crippen molar-refractivity contribution in [3.8, 4) is 5.75 Å². The minimum absolute atomic E-state index is 0.0121. The zero-order valence-corrected chi connectivity index (χ0v) is 62.8. The molecule has 6 rings (SSSR count). The summed E-state index contributed by atoms with van der Waals surface area (Å²) >= 11 is 1.37. The fourth-order valence-electron chi connectivity index (χ4n) is 11.6.